The molecule has 1 fully saturated rings. The Labute approximate surface area is 166 Å². The number of hydrogen-bond donors (Lipinski definition) is 2. The highest BCUT2D eigenvalue weighted by Crippen LogP contribution is 2.32. The van der Waals surface area contributed by atoms with Gasteiger partial charge < -0.3 is 15.0 Å². The number of para-hydroxylation sites is 1. The zero-order chi connectivity index (χ0) is 20.5. The number of imide groups is 1. The van der Waals surface area contributed by atoms with Crippen molar-refractivity contribution in [2.45, 2.75) is 25.4 Å². The SMILES string of the molecule is COc1ccccc1C(=O)Nc1cccc2c1CN(C1CCC(=O)NC1=O)C2=O. The number of hydrogen-bond acceptors (Lipinski definition) is 5. The van der Waals surface area contributed by atoms with Crippen molar-refractivity contribution in [2.24, 2.45) is 0 Å². The van der Waals surface area contributed by atoms with Crippen molar-refractivity contribution in [3.8, 4) is 5.75 Å². The third kappa shape index (κ3) is 3.33. The summed E-state index contributed by atoms with van der Waals surface area (Å²) in [7, 11) is 1.49. The summed E-state index contributed by atoms with van der Waals surface area (Å²) in [6.07, 6.45) is 0.473. The average Bonchev–Trinajstić information content (AvgIpc) is 3.05. The van der Waals surface area contributed by atoms with E-state index in [0.29, 0.717) is 28.1 Å². The molecule has 0 saturated carbocycles. The molecule has 29 heavy (non-hydrogen) atoms. The first kappa shape index (κ1) is 18.7. The molecule has 4 amide bonds. The first-order valence-electron chi connectivity index (χ1n) is 9.20. The Balaban J connectivity index is 1.59. The summed E-state index contributed by atoms with van der Waals surface area (Å²) in [6, 6.07) is 11.2. The highest BCUT2D eigenvalue weighted by molar-refractivity contribution is 6.09. The fourth-order valence-electron chi connectivity index (χ4n) is 3.72. The molecular weight excluding hydrogens is 374 g/mol. The second-order valence-corrected chi connectivity index (χ2v) is 6.89. The number of nitrogens with one attached hydrogen (secondary N) is 2. The number of amides is 4. The van der Waals surface area contributed by atoms with Crippen LogP contribution in [0.4, 0.5) is 5.69 Å². The monoisotopic (exact) mass is 393 g/mol. The van der Waals surface area contributed by atoms with Gasteiger partial charge in [0.2, 0.25) is 11.8 Å². The minimum atomic E-state index is -0.703. The number of nitrogens with zero attached hydrogens (tertiary/aromatic N) is 1. The number of carbonyl (C=O) groups is 4. The molecule has 0 radical (unpaired) electrons. The Kier molecular flexibility index (Phi) is 4.75. The number of benzene rings is 2. The molecule has 2 aliphatic heterocycles. The fraction of sp³-hybridized carbons (Fsp3) is 0.238. The lowest BCUT2D eigenvalue weighted by atomic mass is 10.0. The van der Waals surface area contributed by atoms with Gasteiger partial charge in [-0.15, -0.1) is 0 Å². The van der Waals surface area contributed by atoms with Crippen molar-refractivity contribution in [1.82, 2.24) is 10.2 Å². The molecule has 0 aromatic heterocycles. The number of fused-ring (bicyclic) bond motifs is 1. The third-order valence-corrected chi connectivity index (χ3v) is 5.18. The number of ether oxygens (including phenoxy) is 1. The van der Waals surface area contributed by atoms with E-state index in [-0.39, 0.29) is 37.1 Å². The van der Waals surface area contributed by atoms with E-state index in [1.807, 2.05) is 0 Å². The lowest BCUT2D eigenvalue weighted by molar-refractivity contribution is -0.136. The van der Waals surface area contributed by atoms with Crippen LogP contribution in [0.3, 0.4) is 0 Å². The van der Waals surface area contributed by atoms with Gasteiger partial charge in [-0.25, -0.2) is 0 Å². The molecule has 148 valence electrons. The summed E-state index contributed by atoms with van der Waals surface area (Å²) in [6.45, 7) is 0.183. The van der Waals surface area contributed by atoms with Crippen LogP contribution in [0.25, 0.3) is 0 Å². The highest BCUT2D eigenvalue weighted by Gasteiger charge is 2.40. The van der Waals surface area contributed by atoms with Gasteiger partial charge in [0, 0.05) is 29.8 Å². The first-order valence-corrected chi connectivity index (χ1v) is 9.20. The van der Waals surface area contributed by atoms with E-state index in [1.165, 1.54) is 12.0 Å². The van der Waals surface area contributed by atoms with Crippen LogP contribution >= 0.6 is 0 Å². The van der Waals surface area contributed by atoms with Gasteiger partial charge in [-0.05, 0) is 30.7 Å². The molecule has 8 heteroatoms. The second kappa shape index (κ2) is 7.38. The largest absolute Gasteiger partial charge is 0.496 e. The predicted molar refractivity (Wildman–Crippen MR) is 103 cm³/mol. The van der Waals surface area contributed by atoms with E-state index in [4.69, 9.17) is 4.74 Å². The zero-order valence-corrected chi connectivity index (χ0v) is 15.7. The Morgan fingerprint density at radius 2 is 1.93 bits per heavy atom. The smallest absolute Gasteiger partial charge is 0.259 e. The summed E-state index contributed by atoms with van der Waals surface area (Å²) in [5, 5.41) is 5.12. The fourth-order valence-corrected chi connectivity index (χ4v) is 3.72. The Morgan fingerprint density at radius 3 is 2.69 bits per heavy atom. The lowest BCUT2D eigenvalue weighted by Crippen LogP contribution is -2.52. The van der Waals surface area contributed by atoms with E-state index in [9.17, 15) is 19.2 Å². The van der Waals surface area contributed by atoms with E-state index in [0.717, 1.165) is 0 Å². The lowest BCUT2D eigenvalue weighted by Gasteiger charge is -2.29. The van der Waals surface area contributed by atoms with Gasteiger partial charge in [0.1, 0.15) is 11.8 Å². The van der Waals surface area contributed by atoms with Gasteiger partial charge in [0.25, 0.3) is 11.8 Å². The quantitative estimate of drug-likeness (QED) is 0.770. The minimum absolute atomic E-state index is 0.183. The van der Waals surface area contributed by atoms with E-state index in [2.05, 4.69) is 10.6 Å². The van der Waals surface area contributed by atoms with Gasteiger partial charge in [-0.2, -0.15) is 0 Å². The van der Waals surface area contributed by atoms with Crippen molar-refractivity contribution in [1.29, 1.82) is 0 Å². The van der Waals surface area contributed by atoms with Crippen LogP contribution in [0.2, 0.25) is 0 Å². The number of methoxy groups -OCH3 is 1. The maximum Gasteiger partial charge on any atom is 0.259 e. The maximum absolute atomic E-state index is 12.9. The number of carbonyl (C=O) groups excluding carboxylic acids is 4. The molecule has 1 unspecified atom stereocenters. The summed E-state index contributed by atoms with van der Waals surface area (Å²) in [4.78, 5) is 50.7. The highest BCUT2D eigenvalue weighted by atomic mass is 16.5. The third-order valence-electron chi connectivity index (χ3n) is 5.18. The van der Waals surface area contributed by atoms with Gasteiger partial charge >= 0.3 is 0 Å². The Bertz CT molecular complexity index is 1030. The van der Waals surface area contributed by atoms with Crippen molar-refractivity contribution in [2.75, 3.05) is 12.4 Å². The zero-order valence-electron chi connectivity index (χ0n) is 15.7. The number of rotatable bonds is 4. The predicted octanol–water partition coefficient (Wildman–Crippen LogP) is 1.71. The van der Waals surface area contributed by atoms with Crippen LogP contribution in [0.15, 0.2) is 42.5 Å². The normalized spacial score (nSPS) is 18.3. The molecule has 8 nitrogen and oxygen atoms in total. The molecule has 2 aromatic rings. The standard InChI is InChI=1S/C21H19N3O5/c1-29-17-8-3-2-5-13(17)19(26)22-15-7-4-6-12-14(15)11-24(21(12)28)16-9-10-18(25)23-20(16)27/h2-8,16H,9-11H2,1H3,(H,22,26)(H,23,25,27). The van der Waals surface area contributed by atoms with Gasteiger partial charge in [0.15, 0.2) is 0 Å². The summed E-state index contributed by atoms with van der Waals surface area (Å²) in [5.74, 6) is -1.01. The summed E-state index contributed by atoms with van der Waals surface area (Å²) < 4.78 is 5.24. The van der Waals surface area contributed by atoms with Crippen molar-refractivity contribution in [3.63, 3.8) is 0 Å². The molecule has 1 saturated heterocycles. The first-order chi connectivity index (χ1) is 14.0. The molecule has 0 aliphatic carbocycles. The van der Waals surface area contributed by atoms with Crippen molar-refractivity contribution in [3.05, 3.63) is 59.2 Å². The Hall–Kier alpha value is -3.68. The summed E-state index contributed by atoms with van der Waals surface area (Å²) >= 11 is 0. The van der Waals surface area contributed by atoms with E-state index in [1.54, 1.807) is 42.5 Å². The van der Waals surface area contributed by atoms with Gasteiger partial charge in [0.05, 0.1) is 12.7 Å². The molecular formula is C21H19N3O5. The molecule has 4 rings (SSSR count). The van der Waals surface area contributed by atoms with Crippen LogP contribution in [0.1, 0.15) is 39.1 Å². The molecule has 0 bridgehead atoms. The van der Waals surface area contributed by atoms with Gasteiger partial charge in [-0.1, -0.05) is 18.2 Å². The van der Waals surface area contributed by atoms with Crippen LogP contribution in [0, 0.1) is 0 Å². The minimum Gasteiger partial charge on any atom is -0.496 e. The van der Waals surface area contributed by atoms with Crippen molar-refractivity contribution >= 4 is 29.3 Å². The number of anilines is 1. The van der Waals surface area contributed by atoms with E-state index >= 15 is 0 Å². The second-order valence-electron chi connectivity index (χ2n) is 6.89. The van der Waals surface area contributed by atoms with Crippen LogP contribution in [0.5, 0.6) is 5.75 Å². The molecule has 2 aliphatic rings. The number of piperidine rings is 1. The van der Waals surface area contributed by atoms with E-state index < -0.39 is 11.9 Å². The van der Waals surface area contributed by atoms with Crippen LogP contribution in [-0.2, 0) is 16.1 Å². The molecule has 2 aromatic carbocycles. The van der Waals surface area contributed by atoms with Crippen LogP contribution in [-0.4, -0.2) is 41.7 Å². The molecule has 0 spiro atoms. The average molecular weight is 393 g/mol. The van der Waals surface area contributed by atoms with Crippen LogP contribution < -0.4 is 15.4 Å². The Morgan fingerprint density at radius 1 is 1.14 bits per heavy atom. The van der Waals surface area contributed by atoms with Crippen molar-refractivity contribution < 1.29 is 23.9 Å². The summed E-state index contributed by atoms with van der Waals surface area (Å²) in [5.41, 5.74) is 1.96. The molecule has 2 N–H and O–H groups in total. The molecule has 1 atom stereocenters. The van der Waals surface area contributed by atoms with Gasteiger partial charge in [-0.3, -0.25) is 24.5 Å². The molecule has 2 heterocycles. The maximum atomic E-state index is 12.9. The topological polar surface area (TPSA) is 105 Å².